The first-order chi connectivity index (χ1) is 13.1. The van der Waals surface area contributed by atoms with Gasteiger partial charge in [-0.25, -0.2) is 9.37 Å². The summed E-state index contributed by atoms with van der Waals surface area (Å²) in [5.74, 6) is -0.341. The highest BCUT2D eigenvalue weighted by atomic mass is 32.1. The molecular weight excluding hydrogens is 365 g/mol. The van der Waals surface area contributed by atoms with Crippen LogP contribution in [0.1, 0.15) is 18.9 Å². The van der Waals surface area contributed by atoms with Crippen LogP contribution >= 0.6 is 11.3 Å². The zero-order valence-electron chi connectivity index (χ0n) is 14.8. The zero-order valence-corrected chi connectivity index (χ0v) is 15.6. The summed E-state index contributed by atoms with van der Waals surface area (Å²) in [6, 6.07) is 5.20. The Morgan fingerprint density at radius 1 is 1.22 bits per heavy atom. The van der Waals surface area contributed by atoms with Gasteiger partial charge in [0.2, 0.25) is 0 Å². The fraction of sp³-hybridized carbons (Fsp3) is 0.316. The number of nitrogens with one attached hydrogen (secondary N) is 1. The smallest absolute Gasteiger partial charge is 0.271 e. The Bertz CT molecular complexity index is 1220. The first kappa shape index (κ1) is 16.6. The molecule has 1 aromatic carbocycles. The monoisotopic (exact) mass is 383 g/mol. The summed E-state index contributed by atoms with van der Waals surface area (Å²) in [7, 11) is 1.81. The van der Waals surface area contributed by atoms with Crippen molar-refractivity contribution in [1.82, 2.24) is 24.6 Å². The average molecular weight is 383 g/mol. The second-order valence-corrected chi connectivity index (χ2v) is 8.01. The number of benzene rings is 1. The lowest BCUT2D eigenvalue weighted by Crippen LogP contribution is -2.34. The quantitative estimate of drug-likeness (QED) is 0.578. The molecule has 5 rings (SSSR count). The van der Waals surface area contributed by atoms with Crippen molar-refractivity contribution >= 4 is 32.5 Å². The molecule has 0 unspecified atom stereocenters. The predicted octanol–water partition coefficient (Wildman–Crippen LogP) is 3.08. The third-order valence-electron chi connectivity index (χ3n) is 5.14. The predicted molar refractivity (Wildman–Crippen MR) is 105 cm³/mol. The normalized spacial score (nSPS) is 15.8. The van der Waals surface area contributed by atoms with Crippen molar-refractivity contribution in [1.29, 1.82) is 0 Å². The van der Waals surface area contributed by atoms with Gasteiger partial charge in [-0.1, -0.05) is 0 Å². The van der Waals surface area contributed by atoms with E-state index in [0.29, 0.717) is 26.2 Å². The van der Waals surface area contributed by atoms with E-state index in [0.717, 1.165) is 31.3 Å². The lowest BCUT2D eigenvalue weighted by Gasteiger charge is -2.24. The molecule has 0 saturated carbocycles. The van der Waals surface area contributed by atoms with Crippen molar-refractivity contribution in [3.05, 3.63) is 46.9 Å². The highest BCUT2D eigenvalue weighted by Crippen LogP contribution is 2.34. The summed E-state index contributed by atoms with van der Waals surface area (Å²) in [4.78, 5) is 18.2. The van der Waals surface area contributed by atoms with Gasteiger partial charge in [-0.2, -0.15) is 5.10 Å². The van der Waals surface area contributed by atoms with Crippen LogP contribution < -0.4 is 10.9 Å². The maximum atomic E-state index is 14.7. The lowest BCUT2D eigenvalue weighted by atomic mass is 10.1. The van der Waals surface area contributed by atoms with Crippen LogP contribution in [0.3, 0.4) is 0 Å². The van der Waals surface area contributed by atoms with Gasteiger partial charge in [-0.05, 0) is 38.1 Å². The van der Waals surface area contributed by atoms with E-state index in [4.69, 9.17) is 0 Å². The summed E-state index contributed by atoms with van der Waals surface area (Å²) in [6.45, 7) is 1.81. The number of hydrogen-bond donors (Lipinski definition) is 1. The molecule has 3 aromatic heterocycles. The topological polar surface area (TPSA) is 64.7 Å². The van der Waals surface area contributed by atoms with Crippen molar-refractivity contribution in [3.63, 3.8) is 0 Å². The minimum Gasteiger partial charge on any atom is -0.317 e. The van der Waals surface area contributed by atoms with Crippen molar-refractivity contribution in [2.75, 3.05) is 13.1 Å². The number of fused-ring (bicyclic) bond motifs is 2. The fourth-order valence-corrected chi connectivity index (χ4v) is 4.83. The van der Waals surface area contributed by atoms with Gasteiger partial charge in [-0.15, -0.1) is 11.3 Å². The molecule has 138 valence electrons. The number of thiophene rings is 1. The van der Waals surface area contributed by atoms with Gasteiger partial charge in [0.25, 0.3) is 5.56 Å². The van der Waals surface area contributed by atoms with Gasteiger partial charge >= 0.3 is 0 Å². The van der Waals surface area contributed by atoms with E-state index in [1.807, 2.05) is 13.2 Å². The number of halogens is 1. The van der Waals surface area contributed by atoms with Crippen LogP contribution in [0.2, 0.25) is 0 Å². The van der Waals surface area contributed by atoms with Crippen molar-refractivity contribution < 1.29 is 4.39 Å². The van der Waals surface area contributed by atoms with Crippen molar-refractivity contribution in [3.8, 4) is 10.4 Å². The highest BCUT2D eigenvalue weighted by molar-refractivity contribution is 7.22. The van der Waals surface area contributed by atoms with E-state index in [2.05, 4.69) is 15.4 Å². The maximum Gasteiger partial charge on any atom is 0.271 e. The van der Waals surface area contributed by atoms with Crippen LogP contribution in [0, 0.1) is 5.82 Å². The van der Waals surface area contributed by atoms with Crippen LogP contribution in [0.4, 0.5) is 4.39 Å². The van der Waals surface area contributed by atoms with E-state index >= 15 is 0 Å². The van der Waals surface area contributed by atoms with Gasteiger partial charge in [0.15, 0.2) is 0 Å². The number of hydrogen-bond acceptors (Lipinski definition) is 5. The van der Waals surface area contributed by atoms with E-state index < -0.39 is 0 Å². The molecule has 8 heteroatoms. The van der Waals surface area contributed by atoms with Crippen LogP contribution in [0.5, 0.6) is 0 Å². The van der Waals surface area contributed by atoms with Crippen LogP contribution in [0.25, 0.3) is 31.6 Å². The third-order valence-corrected chi connectivity index (χ3v) is 6.28. The number of aromatic nitrogens is 4. The van der Waals surface area contributed by atoms with E-state index in [9.17, 15) is 9.18 Å². The van der Waals surface area contributed by atoms with Crippen LogP contribution in [0.15, 0.2) is 35.5 Å². The minimum atomic E-state index is -0.341. The Hall–Kier alpha value is -2.58. The average Bonchev–Trinajstić information content (AvgIpc) is 3.24. The number of piperidine rings is 1. The third kappa shape index (κ3) is 2.76. The number of rotatable bonds is 2. The van der Waals surface area contributed by atoms with Gasteiger partial charge in [-0.3, -0.25) is 14.0 Å². The highest BCUT2D eigenvalue weighted by Gasteiger charge is 2.19. The van der Waals surface area contributed by atoms with E-state index in [-0.39, 0.29) is 17.4 Å². The van der Waals surface area contributed by atoms with E-state index in [1.165, 1.54) is 17.4 Å². The molecule has 1 aliphatic heterocycles. The molecule has 0 bridgehead atoms. The Morgan fingerprint density at radius 2 is 2.04 bits per heavy atom. The standard InChI is InChI=1S/C19H18FN5OS/c1-24-9-11-6-13(14(20)7-15(11)23-24)17-8-16-18(27-17)19(26)25(10-22-16)12-2-4-21-5-3-12/h6-10,12,21H,2-5H2,1H3. The van der Waals surface area contributed by atoms with Crippen LogP contribution in [-0.4, -0.2) is 32.4 Å². The van der Waals surface area contributed by atoms with Crippen LogP contribution in [-0.2, 0) is 7.05 Å². The first-order valence-corrected chi connectivity index (χ1v) is 9.76. The van der Waals surface area contributed by atoms with Crippen molar-refractivity contribution in [2.24, 2.45) is 7.05 Å². The largest absolute Gasteiger partial charge is 0.317 e. The lowest BCUT2D eigenvalue weighted by molar-refractivity contribution is 0.359. The summed E-state index contributed by atoms with van der Waals surface area (Å²) in [5, 5.41) is 8.41. The minimum absolute atomic E-state index is 0.0361. The summed E-state index contributed by atoms with van der Waals surface area (Å²) in [5.41, 5.74) is 1.68. The Balaban J connectivity index is 1.63. The molecule has 1 fully saturated rings. The zero-order chi connectivity index (χ0) is 18.5. The van der Waals surface area contributed by atoms with Gasteiger partial charge in [0, 0.05) is 41.2 Å². The summed E-state index contributed by atoms with van der Waals surface area (Å²) in [6.07, 6.45) is 5.32. The summed E-state index contributed by atoms with van der Waals surface area (Å²) >= 11 is 1.31. The molecule has 0 atom stereocenters. The molecule has 1 saturated heterocycles. The van der Waals surface area contributed by atoms with Crippen molar-refractivity contribution in [2.45, 2.75) is 18.9 Å². The number of nitrogens with zero attached hydrogens (tertiary/aromatic N) is 4. The molecule has 1 aliphatic rings. The molecule has 0 aliphatic carbocycles. The second-order valence-electron chi connectivity index (χ2n) is 6.96. The SMILES string of the molecule is Cn1cc2cc(-c3cc4ncn(C5CCNCC5)c(=O)c4s3)c(F)cc2n1. The Labute approximate surface area is 158 Å². The van der Waals surface area contributed by atoms with Gasteiger partial charge in [0.1, 0.15) is 10.5 Å². The molecule has 1 N–H and O–H groups in total. The molecular formula is C19H18FN5OS. The molecule has 4 heterocycles. The second kappa shape index (κ2) is 6.24. The molecule has 0 radical (unpaired) electrons. The molecule has 27 heavy (non-hydrogen) atoms. The number of aryl methyl sites for hydroxylation is 1. The maximum absolute atomic E-state index is 14.7. The molecule has 0 spiro atoms. The fourth-order valence-electron chi connectivity index (χ4n) is 3.76. The molecule has 4 aromatic rings. The Kier molecular flexibility index (Phi) is 3.84. The first-order valence-electron chi connectivity index (χ1n) is 8.95. The molecule has 6 nitrogen and oxygen atoms in total. The van der Waals surface area contributed by atoms with Gasteiger partial charge in [0.05, 0.1) is 17.4 Å². The summed E-state index contributed by atoms with van der Waals surface area (Å²) < 4.78 is 18.6. The Morgan fingerprint density at radius 3 is 2.85 bits per heavy atom. The van der Waals surface area contributed by atoms with E-state index in [1.54, 1.807) is 27.7 Å². The molecule has 0 amide bonds. The van der Waals surface area contributed by atoms with Gasteiger partial charge < -0.3 is 5.32 Å².